The number of nitrogens with zero attached hydrogens (tertiary/aromatic N) is 2. The fraction of sp³-hybridized carbons (Fsp3) is 0.455. The summed E-state index contributed by atoms with van der Waals surface area (Å²) in [7, 11) is 1.68. The molecule has 0 aliphatic rings. The number of aromatic nitrogens is 1. The highest BCUT2D eigenvalue weighted by Crippen LogP contribution is 2.03. The van der Waals surface area contributed by atoms with Gasteiger partial charge in [0.05, 0.1) is 6.20 Å². The third kappa shape index (κ3) is 3.58. The van der Waals surface area contributed by atoms with Crippen molar-refractivity contribution in [2.45, 2.75) is 19.4 Å². The molecular formula is C11H16FN3O. The SMILES string of the molecule is CC(N)CCN(C)C(=O)c1ccc(F)cn1. The highest BCUT2D eigenvalue weighted by molar-refractivity contribution is 5.92. The molecular weight excluding hydrogens is 209 g/mol. The standard InChI is InChI=1S/C11H16FN3O/c1-8(13)5-6-15(2)11(16)10-4-3-9(12)7-14-10/h3-4,7-8H,5-6,13H2,1-2H3. The van der Waals surface area contributed by atoms with E-state index in [2.05, 4.69) is 4.98 Å². The Bertz CT molecular complexity index is 351. The number of hydrogen-bond acceptors (Lipinski definition) is 3. The van der Waals surface area contributed by atoms with Gasteiger partial charge in [-0.2, -0.15) is 0 Å². The maximum absolute atomic E-state index is 12.6. The van der Waals surface area contributed by atoms with Gasteiger partial charge in [-0.3, -0.25) is 4.79 Å². The first kappa shape index (κ1) is 12.6. The molecule has 1 aromatic heterocycles. The zero-order valence-electron chi connectivity index (χ0n) is 9.48. The second kappa shape index (κ2) is 5.55. The monoisotopic (exact) mass is 225 g/mol. The predicted octanol–water partition coefficient (Wildman–Crippen LogP) is 1.03. The molecule has 0 spiro atoms. The summed E-state index contributed by atoms with van der Waals surface area (Å²) in [5, 5.41) is 0. The molecule has 0 bridgehead atoms. The first-order valence-electron chi connectivity index (χ1n) is 5.13. The van der Waals surface area contributed by atoms with Crippen molar-refractivity contribution in [2.24, 2.45) is 5.73 Å². The Hall–Kier alpha value is -1.49. The van der Waals surface area contributed by atoms with E-state index in [-0.39, 0.29) is 17.6 Å². The highest BCUT2D eigenvalue weighted by Gasteiger charge is 2.13. The quantitative estimate of drug-likeness (QED) is 0.832. The van der Waals surface area contributed by atoms with Crippen LogP contribution in [0.15, 0.2) is 18.3 Å². The van der Waals surface area contributed by atoms with E-state index in [1.54, 1.807) is 7.05 Å². The number of amides is 1. The van der Waals surface area contributed by atoms with E-state index in [9.17, 15) is 9.18 Å². The average molecular weight is 225 g/mol. The lowest BCUT2D eigenvalue weighted by Gasteiger charge is -2.17. The minimum atomic E-state index is -0.449. The van der Waals surface area contributed by atoms with E-state index in [1.807, 2.05) is 6.92 Å². The summed E-state index contributed by atoms with van der Waals surface area (Å²) < 4.78 is 12.6. The van der Waals surface area contributed by atoms with Crippen LogP contribution in [-0.4, -0.2) is 35.4 Å². The molecule has 88 valence electrons. The van der Waals surface area contributed by atoms with E-state index in [1.165, 1.54) is 17.0 Å². The summed E-state index contributed by atoms with van der Waals surface area (Å²) in [4.78, 5) is 17.0. The van der Waals surface area contributed by atoms with Gasteiger partial charge in [0, 0.05) is 19.6 Å². The van der Waals surface area contributed by atoms with Gasteiger partial charge in [-0.25, -0.2) is 9.37 Å². The minimum Gasteiger partial charge on any atom is -0.340 e. The molecule has 0 radical (unpaired) electrons. The van der Waals surface area contributed by atoms with Crippen LogP contribution in [0.3, 0.4) is 0 Å². The second-order valence-corrected chi connectivity index (χ2v) is 3.85. The van der Waals surface area contributed by atoms with Gasteiger partial charge in [0.1, 0.15) is 11.5 Å². The number of nitrogens with two attached hydrogens (primary N) is 1. The van der Waals surface area contributed by atoms with Gasteiger partial charge in [-0.1, -0.05) is 0 Å². The lowest BCUT2D eigenvalue weighted by atomic mass is 10.2. The Labute approximate surface area is 94.3 Å². The van der Waals surface area contributed by atoms with Gasteiger partial charge in [-0.15, -0.1) is 0 Å². The normalized spacial score (nSPS) is 12.2. The van der Waals surface area contributed by atoms with E-state index in [4.69, 9.17) is 5.73 Å². The molecule has 1 heterocycles. The summed E-state index contributed by atoms with van der Waals surface area (Å²) in [6.45, 7) is 2.45. The third-order valence-corrected chi connectivity index (χ3v) is 2.21. The Morgan fingerprint density at radius 2 is 2.31 bits per heavy atom. The number of carbonyl (C=O) groups is 1. The van der Waals surface area contributed by atoms with Crippen molar-refractivity contribution >= 4 is 5.91 Å². The Morgan fingerprint density at radius 1 is 1.62 bits per heavy atom. The minimum absolute atomic E-state index is 0.0522. The molecule has 4 nitrogen and oxygen atoms in total. The van der Waals surface area contributed by atoms with Gasteiger partial charge in [0.2, 0.25) is 0 Å². The van der Waals surface area contributed by atoms with Crippen molar-refractivity contribution in [2.75, 3.05) is 13.6 Å². The number of halogens is 1. The molecule has 1 aromatic rings. The summed E-state index contributed by atoms with van der Waals surface area (Å²) >= 11 is 0. The fourth-order valence-corrected chi connectivity index (χ4v) is 1.20. The molecule has 1 atom stereocenters. The van der Waals surface area contributed by atoms with Crippen LogP contribution in [0, 0.1) is 5.82 Å². The van der Waals surface area contributed by atoms with Crippen molar-refractivity contribution < 1.29 is 9.18 Å². The van der Waals surface area contributed by atoms with Gasteiger partial charge >= 0.3 is 0 Å². The van der Waals surface area contributed by atoms with Crippen LogP contribution < -0.4 is 5.73 Å². The van der Waals surface area contributed by atoms with Gasteiger partial charge in [0.25, 0.3) is 5.91 Å². The number of rotatable bonds is 4. The van der Waals surface area contributed by atoms with Gasteiger partial charge in [-0.05, 0) is 25.5 Å². The van der Waals surface area contributed by atoms with Crippen LogP contribution in [0.25, 0.3) is 0 Å². The Morgan fingerprint density at radius 3 is 2.81 bits per heavy atom. The average Bonchev–Trinajstić information content (AvgIpc) is 2.26. The number of carbonyl (C=O) groups excluding carboxylic acids is 1. The molecule has 16 heavy (non-hydrogen) atoms. The summed E-state index contributed by atoms with van der Waals surface area (Å²) in [5.74, 6) is -0.671. The van der Waals surface area contributed by atoms with E-state index >= 15 is 0 Å². The molecule has 0 aromatic carbocycles. The van der Waals surface area contributed by atoms with Gasteiger partial charge < -0.3 is 10.6 Å². The molecule has 0 fully saturated rings. The lowest BCUT2D eigenvalue weighted by molar-refractivity contribution is 0.0786. The second-order valence-electron chi connectivity index (χ2n) is 3.85. The van der Waals surface area contributed by atoms with Crippen LogP contribution >= 0.6 is 0 Å². The Balaban J connectivity index is 2.60. The van der Waals surface area contributed by atoms with Crippen LogP contribution in [0.4, 0.5) is 4.39 Å². The number of pyridine rings is 1. The molecule has 1 unspecified atom stereocenters. The van der Waals surface area contributed by atoms with Crippen molar-refractivity contribution in [1.29, 1.82) is 0 Å². The first-order valence-corrected chi connectivity index (χ1v) is 5.13. The van der Waals surface area contributed by atoms with E-state index < -0.39 is 5.82 Å². The summed E-state index contributed by atoms with van der Waals surface area (Å²) in [6, 6.07) is 2.65. The van der Waals surface area contributed by atoms with Crippen molar-refractivity contribution in [3.05, 3.63) is 29.8 Å². The molecule has 0 aliphatic heterocycles. The topological polar surface area (TPSA) is 59.2 Å². The molecule has 0 saturated carbocycles. The van der Waals surface area contributed by atoms with Gasteiger partial charge in [0.15, 0.2) is 0 Å². The highest BCUT2D eigenvalue weighted by atomic mass is 19.1. The van der Waals surface area contributed by atoms with E-state index in [0.717, 1.165) is 12.6 Å². The van der Waals surface area contributed by atoms with Crippen LogP contribution in [0.1, 0.15) is 23.8 Å². The van der Waals surface area contributed by atoms with Crippen LogP contribution in [0.2, 0.25) is 0 Å². The molecule has 2 N–H and O–H groups in total. The first-order chi connectivity index (χ1) is 7.50. The van der Waals surface area contributed by atoms with E-state index in [0.29, 0.717) is 6.54 Å². The van der Waals surface area contributed by atoms with Crippen molar-refractivity contribution in [3.63, 3.8) is 0 Å². The predicted molar refractivity (Wildman–Crippen MR) is 59.4 cm³/mol. The molecule has 0 aliphatic carbocycles. The largest absolute Gasteiger partial charge is 0.340 e. The van der Waals surface area contributed by atoms with Crippen LogP contribution in [-0.2, 0) is 0 Å². The maximum Gasteiger partial charge on any atom is 0.272 e. The zero-order valence-corrected chi connectivity index (χ0v) is 9.48. The summed E-state index contributed by atoms with van der Waals surface area (Å²) in [6.07, 6.45) is 1.76. The number of hydrogen-bond donors (Lipinski definition) is 1. The van der Waals surface area contributed by atoms with Crippen molar-refractivity contribution in [1.82, 2.24) is 9.88 Å². The maximum atomic E-state index is 12.6. The molecule has 1 amide bonds. The summed E-state index contributed by atoms with van der Waals surface area (Å²) in [5.41, 5.74) is 5.84. The molecule has 5 heteroatoms. The lowest BCUT2D eigenvalue weighted by Crippen LogP contribution is -2.31. The Kier molecular flexibility index (Phi) is 4.37. The third-order valence-electron chi connectivity index (χ3n) is 2.21. The fourth-order valence-electron chi connectivity index (χ4n) is 1.20. The van der Waals surface area contributed by atoms with Crippen molar-refractivity contribution in [3.8, 4) is 0 Å². The molecule has 1 rings (SSSR count). The smallest absolute Gasteiger partial charge is 0.272 e. The molecule has 0 saturated heterocycles. The van der Waals surface area contributed by atoms with Crippen LogP contribution in [0.5, 0.6) is 0 Å². The zero-order chi connectivity index (χ0) is 12.1.